The average molecular weight is 981 g/mol. The van der Waals surface area contributed by atoms with Gasteiger partial charge < -0.3 is 9.80 Å². The van der Waals surface area contributed by atoms with Crippen LogP contribution < -0.4 is 9.80 Å². The molecule has 4 heterocycles. The normalized spacial score (nSPS) is 15.5. The molecule has 10 nitrogen and oxygen atoms in total. The maximum atomic E-state index is 13.5. The molecule has 0 radical (unpaired) electrons. The largest absolute Gasteiger partial charge is 0.345 e. The molecule has 22 heteroatoms. The van der Waals surface area contributed by atoms with Crippen LogP contribution >= 0.6 is 69.1 Å². The van der Waals surface area contributed by atoms with Crippen LogP contribution in [0.15, 0.2) is 93.3 Å². The molecule has 2 aliphatic rings. The molecule has 0 unspecified atom stereocenters. The summed E-state index contributed by atoms with van der Waals surface area (Å²) < 4.78 is 108. The highest BCUT2D eigenvalue weighted by Crippen LogP contribution is 2.33. The molecule has 0 atom stereocenters. The minimum Gasteiger partial charge on any atom is -0.345 e. The highest BCUT2D eigenvalue weighted by atomic mass is 35.5. The van der Waals surface area contributed by atoms with Crippen LogP contribution in [-0.4, -0.2) is 87.8 Å². The van der Waals surface area contributed by atoms with E-state index in [1.165, 1.54) is 85.9 Å². The lowest BCUT2D eigenvalue weighted by Crippen LogP contribution is -2.48. The molecule has 2 aliphatic heterocycles. The van der Waals surface area contributed by atoms with E-state index in [0.29, 0.717) is 59.0 Å². The van der Waals surface area contributed by atoms with Crippen molar-refractivity contribution < 1.29 is 34.4 Å². The topological polar surface area (TPSA) is 107 Å². The summed E-state index contributed by atoms with van der Waals surface area (Å²) in [6, 6.07) is 15.4. The molecule has 4 aromatic carbocycles. The van der Waals surface area contributed by atoms with Gasteiger partial charge in [-0.25, -0.2) is 44.4 Å². The van der Waals surface area contributed by atoms with Gasteiger partial charge in [0.2, 0.25) is 20.0 Å². The standard InChI is InChI=1S/2C19H15Cl2F2N3O2S2/c20-13-7-14(21)9-17(8-13)30(27,28)26-3-1-25(2-4-26)19-24-18(11-29-19)12-5-15(22)10-16(23)6-12;20-13-8-14(21)10-15(9-13)30(27,28)26-5-3-25(4-6-26)19-24-18(11-29-19)12-1-2-16(22)17(23)7-12/h5-11H,1-4H2;1-2,7-11H,3-6H2. The third kappa shape index (κ3) is 10.2. The Morgan fingerprint density at radius 2 is 0.883 bits per heavy atom. The van der Waals surface area contributed by atoms with E-state index in [1.54, 1.807) is 10.8 Å². The summed E-state index contributed by atoms with van der Waals surface area (Å²) in [5.41, 5.74) is 1.85. The van der Waals surface area contributed by atoms with E-state index in [9.17, 15) is 34.4 Å². The number of hydrogen-bond donors (Lipinski definition) is 0. The van der Waals surface area contributed by atoms with Gasteiger partial charge in [-0.15, -0.1) is 22.7 Å². The fourth-order valence-electron chi connectivity index (χ4n) is 6.33. The maximum Gasteiger partial charge on any atom is 0.243 e. The number of aromatic nitrogens is 2. The average Bonchev–Trinajstić information content (AvgIpc) is 3.90. The summed E-state index contributed by atoms with van der Waals surface area (Å²) in [4.78, 5) is 13.0. The molecule has 0 bridgehead atoms. The van der Waals surface area contributed by atoms with Gasteiger partial charge in [-0.3, -0.25) is 0 Å². The molecule has 6 aromatic rings. The molecule has 60 heavy (non-hydrogen) atoms. The number of benzene rings is 4. The first-order valence-electron chi connectivity index (χ1n) is 17.7. The van der Waals surface area contributed by atoms with E-state index in [1.807, 2.05) is 9.80 Å². The number of thiazole rings is 2. The van der Waals surface area contributed by atoms with Crippen molar-refractivity contribution in [3.63, 3.8) is 0 Å². The zero-order chi connectivity index (χ0) is 42.9. The first kappa shape index (κ1) is 44.5. The Morgan fingerprint density at radius 1 is 0.483 bits per heavy atom. The second-order valence-corrected chi connectivity index (χ2v) is 20.6. The number of halogens is 8. The van der Waals surface area contributed by atoms with Crippen molar-refractivity contribution in [1.82, 2.24) is 18.6 Å². The Hall–Kier alpha value is -3.56. The van der Waals surface area contributed by atoms with Gasteiger partial charge in [0.05, 0.1) is 21.2 Å². The van der Waals surface area contributed by atoms with Gasteiger partial charge in [0, 0.05) is 100 Å². The molecule has 0 spiro atoms. The zero-order valence-corrected chi connectivity index (χ0v) is 37.0. The number of nitrogens with zero attached hydrogens (tertiary/aromatic N) is 6. The fraction of sp³-hybridized carbons (Fsp3) is 0.211. The number of hydrogen-bond acceptors (Lipinski definition) is 10. The Labute approximate surface area is 371 Å². The van der Waals surface area contributed by atoms with Crippen molar-refractivity contribution in [2.24, 2.45) is 0 Å². The lowest BCUT2D eigenvalue weighted by atomic mass is 10.1. The van der Waals surface area contributed by atoms with Crippen LogP contribution in [0, 0.1) is 23.3 Å². The first-order valence-corrected chi connectivity index (χ1v) is 23.9. The molecule has 0 aliphatic carbocycles. The van der Waals surface area contributed by atoms with Gasteiger partial charge in [-0.2, -0.15) is 8.61 Å². The zero-order valence-electron chi connectivity index (χ0n) is 30.7. The summed E-state index contributed by atoms with van der Waals surface area (Å²) in [5.74, 6) is -3.17. The maximum absolute atomic E-state index is 13.5. The monoisotopic (exact) mass is 978 g/mol. The molecule has 2 fully saturated rings. The van der Waals surface area contributed by atoms with Crippen LogP contribution in [-0.2, 0) is 20.0 Å². The number of piperazine rings is 2. The summed E-state index contributed by atoms with van der Waals surface area (Å²) >= 11 is 26.5. The van der Waals surface area contributed by atoms with Crippen LogP contribution in [0.2, 0.25) is 20.1 Å². The molecule has 0 N–H and O–H groups in total. The Morgan fingerprint density at radius 3 is 1.28 bits per heavy atom. The van der Waals surface area contributed by atoms with Gasteiger partial charge in [-0.05, 0) is 66.7 Å². The van der Waals surface area contributed by atoms with Crippen molar-refractivity contribution in [3.8, 4) is 22.5 Å². The molecule has 2 saturated heterocycles. The molecular weight excluding hydrogens is 951 g/mol. The van der Waals surface area contributed by atoms with Crippen LogP contribution in [0.1, 0.15) is 0 Å². The summed E-state index contributed by atoms with van der Waals surface area (Å²) in [5, 5.41) is 5.86. The lowest BCUT2D eigenvalue weighted by molar-refractivity contribution is 0.384. The quantitative estimate of drug-likeness (QED) is 0.139. The molecule has 8 rings (SSSR count). The predicted molar refractivity (Wildman–Crippen MR) is 230 cm³/mol. The minimum atomic E-state index is -3.72. The molecule has 0 amide bonds. The van der Waals surface area contributed by atoms with Crippen LogP contribution in [0.3, 0.4) is 0 Å². The molecule has 316 valence electrons. The number of rotatable bonds is 8. The van der Waals surface area contributed by atoms with Crippen molar-refractivity contribution in [1.29, 1.82) is 0 Å². The Balaban J connectivity index is 0.000000181. The molecule has 2 aromatic heterocycles. The van der Waals surface area contributed by atoms with Crippen LogP contribution in [0.5, 0.6) is 0 Å². The predicted octanol–water partition coefficient (Wildman–Crippen LogP) is 9.81. The third-order valence-corrected chi connectivity index (χ3v) is 15.8. The van der Waals surface area contributed by atoms with E-state index in [0.717, 1.165) is 18.2 Å². The van der Waals surface area contributed by atoms with E-state index in [-0.39, 0.29) is 56.1 Å². The number of anilines is 2. The Kier molecular flexibility index (Phi) is 13.7. The van der Waals surface area contributed by atoms with Crippen molar-refractivity contribution >= 4 is 99.4 Å². The number of sulfonamides is 2. The van der Waals surface area contributed by atoms with Gasteiger partial charge in [0.25, 0.3) is 0 Å². The van der Waals surface area contributed by atoms with E-state index in [2.05, 4.69) is 9.97 Å². The van der Waals surface area contributed by atoms with Crippen molar-refractivity contribution in [3.05, 3.63) is 127 Å². The van der Waals surface area contributed by atoms with Gasteiger partial charge in [-0.1, -0.05) is 46.4 Å². The van der Waals surface area contributed by atoms with Crippen LogP contribution in [0.4, 0.5) is 27.8 Å². The second kappa shape index (κ2) is 18.4. The van der Waals surface area contributed by atoms with Gasteiger partial charge in [0.15, 0.2) is 21.9 Å². The third-order valence-electron chi connectivity index (χ3n) is 9.32. The van der Waals surface area contributed by atoms with Crippen LogP contribution in [0.25, 0.3) is 22.5 Å². The highest BCUT2D eigenvalue weighted by molar-refractivity contribution is 7.89. The lowest BCUT2D eigenvalue weighted by Gasteiger charge is -2.33. The smallest absolute Gasteiger partial charge is 0.243 e. The van der Waals surface area contributed by atoms with Crippen molar-refractivity contribution in [2.45, 2.75) is 9.79 Å². The van der Waals surface area contributed by atoms with E-state index in [4.69, 9.17) is 46.4 Å². The van der Waals surface area contributed by atoms with E-state index >= 15 is 0 Å². The fourth-order valence-corrected chi connectivity index (χ4v) is 12.4. The van der Waals surface area contributed by atoms with Gasteiger partial charge in [0.1, 0.15) is 11.6 Å². The summed E-state index contributed by atoms with van der Waals surface area (Å²) in [6.07, 6.45) is 0. The SMILES string of the molecule is O=S(=O)(c1cc(Cl)cc(Cl)c1)N1CCN(c2nc(-c3cc(F)cc(F)c3)cs2)CC1.O=S(=O)(c1cc(Cl)cc(Cl)c1)N1CCN(c2nc(-c3ccc(F)c(F)c3)cs2)CC1. The minimum absolute atomic E-state index is 0.0538. The molecule has 0 saturated carbocycles. The molecular formula is C38H30Cl4F4N6O4S4. The summed E-state index contributed by atoms with van der Waals surface area (Å²) in [6.45, 7) is 2.80. The van der Waals surface area contributed by atoms with E-state index < -0.39 is 43.3 Å². The Bertz CT molecular complexity index is 2710. The highest BCUT2D eigenvalue weighted by Gasteiger charge is 2.31. The van der Waals surface area contributed by atoms with Gasteiger partial charge >= 0.3 is 0 Å². The van der Waals surface area contributed by atoms with Crippen molar-refractivity contribution in [2.75, 3.05) is 62.2 Å². The second-order valence-electron chi connectivity index (χ2n) is 13.3. The summed E-state index contributed by atoms with van der Waals surface area (Å²) in [7, 11) is -7.44. The first-order chi connectivity index (χ1) is 28.5.